The van der Waals surface area contributed by atoms with Gasteiger partial charge >= 0.3 is 51.4 Å². The first-order chi connectivity index (χ1) is 5.89. The molecule has 0 radical (unpaired) electrons. The van der Waals surface area contributed by atoms with Gasteiger partial charge in [-0.3, -0.25) is 4.79 Å². The molecule has 2 rings (SSSR count). The minimum atomic E-state index is -3.67. The standard InChI is InChI=1S/C7H4O.K.H4N2O2S.H/c8-7-5-3-1-2-4-6(5)7;;1-5(2,3)4;/h1-4H;;(H4,1,2,3,4);/q;+1;;-1. The number of hydrogen-bond acceptors (Lipinski definition) is 3. The predicted octanol–water partition coefficient (Wildman–Crippen LogP) is -3.66. The fraction of sp³-hybridized carbons (Fsp3) is 0. The van der Waals surface area contributed by atoms with Gasteiger partial charge in [-0.2, -0.15) is 8.42 Å². The molecule has 0 bridgehead atoms. The van der Waals surface area contributed by atoms with Gasteiger partial charge in [0.15, 0.2) is 5.43 Å². The fourth-order valence-corrected chi connectivity index (χ4v) is 0.833. The van der Waals surface area contributed by atoms with Crippen LogP contribution < -0.4 is 67.1 Å². The van der Waals surface area contributed by atoms with E-state index >= 15 is 0 Å². The summed E-state index contributed by atoms with van der Waals surface area (Å²) in [6, 6.07) is 7.45. The van der Waals surface area contributed by atoms with E-state index in [1.165, 1.54) is 0 Å². The topological polar surface area (TPSA) is 103 Å². The molecule has 14 heavy (non-hydrogen) atoms. The molecule has 0 spiro atoms. The van der Waals surface area contributed by atoms with Crippen molar-refractivity contribution in [2.75, 3.05) is 0 Å². The Bertz CT molecular complexity index is 494. The third-order valence-electron chi connectivity index (χ3n) is 1.35. The van der Waals surface area contributed by atoms with Crippen molar-refractivity contribution in [1.29, 1.82) is 0 Å². The molecule has 0 saturated carbocycles. The van der Waals surface area contributed by atoms with E-state index in [4.69, 9.17) is 0 Å². The Kier molecular flexibility index (Phi) is 5.63. The van der Waals surface area contributed by atoms with Crippen molar-refractivity contribution in [2.24, 2.45) is 10.3 Å². The van der Waals surface area contributed by atoms with Crippen LogP contribution in [0.1, 0.15) is 1.43 Å². The average molecular weight is 240 g/mol. The first kappa shape index (κ1) is 14.4. The molecule has 72 valence electrons. The van der Waals surface area contributed by atoms with Gasteiger partial charge in [-0.15, -0.1) is 0 Å². The van der Waals surface area contributed by atoms with Crippen molar-refractivity contribution >= 4 is 21.0 Å². The van der Waals surface area contributed by atoms with E-state index in [-0.39, 0.29) is 58.2 Å². The molecular formula is C7H9KN2O3S. The van der Waals surface area contributed by atoms with Crippen LogP contribution in [0.15, 0.2) is 29.1 Å². The molecule has 0 aromatic heterocycles. The van der Waals surface area contributed by atoms with Crippen LogP contribution in [0.3, 0.4) is 0 Å². The molecule has 0 aliphatic heterocycles. The Morgan fingerprint density at radius 3 is 1.57 bits per heavy atom. The minimum absolute atomic E-state index is 0. The third kappa shape index (κ3) is 5.32. The van der Waals surface area contributed by atoms with Gasteiger partial charge in [-0.1, -0.05) is 24.3 Å². The van der Waals surface area contributed by atoms with Gasteiger partial charge in [0.05, 0.1) is 0 Å². The Morgan fingerprint density at radius 2 is 1.36 bits per heavy atom. The zero-order valence-electron chi connectivity index (χ0n) is 8.60. The summed E-state index contributed by atoms with van der Waals surface area (Å²) < 4.78 is 18.4. The second kappa shape index (κ2) is 5.47. The van der Waals surface area contributed by atoms with Crippen molar-refractivity contribution in [3.63, 3.8) is 0 Å². The molecule has 7 heteroatoms. The van der Waals surface area contributed by atoms with Crippen LogP contribution in [-0.2, 0) is 10.2 Å². The van der Waals surface area contributed by atoms with Crippen molar-refractivity contribution in [1.82, 2.24) is 0 Å². The van der Waals surface area contributed by atoms with Gasteiger partial charge in [0.1, 0.15) is 0 Å². The number of fused-ring (bicyclic) bond motifs is 1. The summed E-state index contributed by atoms with van der Waals surface area (Å²) in [6.45, 7) is 0. The smallest absolute Gasteiger partial charge is 1.00 e. The van der Waals surface area contributed by atoms with E-state index in [0.717, 1.165) is 10.8 Å². The van der Waals surface area contributed by atoms with E-state index in [2.05, 4.69) is 10.3 Å². The Morgan fingerprint density at radius 1 is 1.07 bits per heavy atom. The van der Waals surface area contributed by atoms with Crippen molar-refractivity contribution in [3.05, 3.63) is 34.5 Å². The maximum atomic E-state index is 10.5. The molecule has 0 atom stereocenters. The van der Waals surface area contributed by atoms with E-state index in [1.807, 2.05) is 24.3 Å². The Balaban J connectivity index is 0. The molecule has 0 amide bonds. The molecule has 0 fully saturated rings. The zero-order chi connectivity index (χ0) is 10.1. The maximum Gasteiger partial charge on any atom is 1.00 e. The number of rotatable bonds is 0. The van der Waals surface area contributed by atoms with Crippen LogP contribution in [0.25, 0.3) is 10.8 Å². The quantitative estimate of drug-likeness (QED) is 0.464. The van der Waals surface area contributed by atoms with Crippen LogP contribution >= 0.6 is 0 Å². The Hall–Kier alpha value is 0.396. The van der Waals surface area contributed by atoms with Gasteiger partial charge in [-0.25, -0.2) is 10.3 Å². The number of benzene rings is 1. The second-order valence-corrected chi connectivity index (χ2v) is 3.64. The summed E-state index contributed by atoms with van der Waals surface area (Å²) in [5.74, 6) is 0. The molecule has 0 unspecified atom stereocenters. The van der Waals surface area contributed by atoms with Crippen molar-refractivity contribution < 1.29 is 61.2 Å². The van der Waals surface area contributed by atoms with E-state index in [9.17, 15) is 13.2 Å². The predicted molar refractivity (Wildman–Crippen MR) is 51.0 cm³/mol. The van der Waals surface area contributed by atoms with Crippen LogP contribution in [-0.4, -0.2) is 8.42 Å². The molecule has 4 N–H and O–H groups in total. The molecule has 2 aromatic rings. The SMILES string of the molecule is NS(N)(=O)=O.O=c1c2ccccc12.[H-].[K+]. The van der Waals surface area contributed by atoms with Crippen molar-refractivity contribution in [2.45, 2.75) is 0 Å². The van der Waals surface area contributed by atoms with Crippen LogP contribution in [0, 0.1) is 0 Å². The molecule has 0 heterocycles. The second-order valence-electron chi connectivity index (χ2n) is 2.46. The van der Waals surface area contributed by atoms with Gasteiger partial charge in [0.2, 0.25) is 0 Å². The molecule has 0 aliphatic carbocycles. The summed E-state index contributed by atoms with van der Waals surface area (Å²) in [5.41, 5.74) is 0.218. The molecular weight excluding hydrogens is 231 g/mol. The van der Waals surface area contributed by atoms with Crippen LogP contribution in [0.4, 0.5) is 0 Å². The van der Waals surface area contributed by atoms with E-state index in [1.54, 1.807) is 0 Å². The summed E-state index contributed by atoms with van der Waals surface area (Å²) in [4.78, 5) is 10.5. The minimum Gasteiger partial charge on any atom is -1.00 e. The molecule has 5 nitrogen and oxygen atoms in total. The average Bonchev–Trinajstić information content (AvgIpc) is 2.61. The molecule has 0 aliphatic rings. The van der Waals surface area contributed by atoms with Gasteiger partial charge in [0, 0.05) is 10.8 Å². The molecule has 0 saturated heterocycles. The van der Waals surface area contributed by atoms with Crippen LogP contribution in [0.2, 0.25) is 0 Å². The zero-order valence-corrected chi connectivity index (χ0v) is 11.5. The maximum absolute atomic E-state index is 10.5. The largest absolute Gasteiger partial charge is 1.00 e. The Labute approximate surface area is 125 Å². The van der Waals surface area contributed by atoms with Crippen molar-refractivity contribution in [3.8, 4) is 0 Å². The summed E-state index contributed by atoms with van der Waals surface area (Å²) in [6.07, 6.45) is 0. The van der Waals surface area contributed by atoms with E-state index < -0.39 is 10.2 Å². The number of nitrogens with two attached hydrogens (primary N) is 2. The van der Waals surface area contributed by atoms with Gasteiger partial charge < -0.3 is 1.43 Å². The third-order valence-corrected chi connectivity index (χ3v) is 1.35. The number of hydrogen-bond donors (Lipinski definition) is 2. The van der Waals surface area contributed by atoms with Gasteiger partial charge in [0.25, 0.3) is 10.2 Å². The first-order valence-electron chi connectivity index (χ1n) is 3.34. The molecule has 2 aromatic carbocycles. The normalized spacial score (nSPS) is 10.4. The van der Waals surface area contributed by atoms with Crippen LogP contribution in [0.5, 0.6) is 0 Å². The summed E-state index contributed by atoms with van der Waals surface area (Å²) in [7, 11) is -3.67. The fourth-order valence-electron chi connectivity index (χ4n) is 0.833. The monoisotopic (exact) mass is 240 g/mol. The summed E-state index contributed by atoms with van der Waals surface area (Å²) in [5, 5.41) is 10.0. The summed E-state index contributed by atoms with van der Waals surface area (Å²) >= 11 is 0. The van der Waals surface area contributed by atoms with E-state index in [0.29, 0.717) is 0 Å². The first-order valence-corrected chi connectivity index (χ1v) is 4.95. The van der Waals surface area contributed by atoms with Gasteiger partial charge in [-0.05, 0) is 0 Å².